The van der Waals surface area contributed by atoms with Crippen molar-refractivity contribution in [1.29, 1.82) is 0 Å². The molecule has 0 fully saturated rings. The van der Waals surface area contributed by atoms with Crippen molar-refractivity contribution in [3.63, 3.8) is 0 Å². The Morgan fingerprint density at radius 3 is 2.30 bits per heavy atom. The number of benzene rings is 2. The van der Waals surface area contributed by atoms with Crippen molar-refractivity contribution < 1.29 is 22.4 Å². The molecule has 6 heteroatoms. The molecule has 1 aromatic heterocycles. The van der Waals surface area contributed by atoms with Crippen molar-refractivity contribution >= 4 is 15.8 Å². The number of aryl methyl sites for hydroxylation is 2. The second-order valence-corrected chi connectivity index (χ2v) is 8.37. The number of hydrogen-bond acceptors (Lipinski definition) is 5. The van der Waals surface area contributed by atoms with Gasteiger partial charge in [-0.25, -0.2) is 13.2 Å². The number of carbonyl (C=O) groups is 1. The van der Waals surface area contributed by atoms with Crippen LogP contribution in [0.4, 0.5) is 0 Å². The molecule has 0 saturated carbocycles. The van der Waals surface area contributed by atoms with Crippen molar-refractivity contribution in [2.24, 2.45) is 0 Å². The molecule has 0 saturated heterocycles. The molecule has 0 aliphatic rings. The predicted molar refractivity (Wildman–Crippen MR) is 102 cm³/mol. The molecular formula is C21H20O5S. The van der Waals surface area contributed by atoms with Crippen LogP contribution in [0.1, 0.15) is 33.0 Å². The van der Waals surface area contributed by atoms with Gasteiger partial charge in [-0.05, 0) is 61.7 Å². The summed E-state index contributed by atoms with van der Waals surface area (Å²) in [5.41, 5.74) is 2.73. The van der Waals surface area contributed by atoms with Crippen LogP contribution in [0.3, 0.4) is 0 Å². The molecule has 0 unspecified atom stereocenters. The third kappa shape index (κ3) is 4.11. The summed E-state index contributed by atoms with van der Waals surface area (Å²) in [7, 11) is -3.55. The fourth-order valence-electron chi connectivity index (χ4n) is 2.69. The molecule has 0 bridgehead atoms. The lowest BCUT2D eigenvalue weighted by molar-refractivity contribution is 0.0697. The van der Waals surface area contributed by atoms with Gasteiger partial charge in [-0.3, -0.25) is 0 Å². The zero-order valence-electron chi connectivity index (χ0n) is 15.4. The molecule has 2 aromatic carbocycles. The summed E-state index contributed by atoms with van der Waals surface area (Å²) < 4.78 is 35.8. The molecular weight excluding hydrogens is 364 g/mol. The Labute approximate surface area is 158 Å². The third-order valence-corrected chi connectivity index (χ3v) is 6.02. The Balaban J connectivity index is 1.78. The summed E-state index contributed by atoms with van der Waals surface area (Å²) in [5, 5.41) is 0. The first kappa shape index (κ1) is 18.9. The van der Waals surface area contributed by atoms with Crippen LogP contribution < -0.4 is 4.74 Å². The van der Waals surface area contributed by atoms with Crippen molar-refractivity contribution in [2.75, 3.05) is 0 Å². The number of ether oxygens (including phenoxy) is 1. The molecule has 27 heavy (non-hydrogen) atoms. The first-order valence-electron chi connectivity index (χ1n) is 8.43. The highest BCUT2D eigenvalue weighted by atomic mass is 32.2. The lowest BCUT2D eigenvalue weighted by Gasteiger charge is -2.11. The van der Waals surface area contributed by atoms with Gasteiger partial charge >= 0.3 is 5.97 Å². The molecule has 0 N–H and O–H groups in total. The SMILES string of the molecule is Cc1ccc(C)c(OC(=O)c2ccc(CS(=O)(=O)c3ccccc3)o2)c1C. The van der Waals surface area contributed by atoms with E-state index in [-0.39, 0.29) is 22.2 Å². The van der Waals surface area contributed by atoms with Gasteiger partial charge in [-0.2, -0.15) is 0 Å². The minimum absolute atomic E-state index is 0.0337. The van der Waals surface area contributed by atoms with Crippen LogP contribution in [0, 0.1) is 20.8 Å². The van der Waals surface area contributed by atoms with Gasteiger partial charge in [0.2, 0.25) is 5.76 Å². The zero-order valence-corrected chi connectivity index (χ0v) is 16.2. The van der Waals surface area contributed by atoms with Gasteiger partial charge in [0.25, 0.3) is 0 Å². The molecule has 3 aromatic rings. The van der Waals surface area contributed by atoms with E-state index in [2.05, 4.69) is 0 Å². The lowest BCUT2D eigenvalue weighted by Crippen LogP contribution is -2.10. The Morgan fingerprint density at radius 1 is 0.926 bits per heavy atom. The smallest absolute Gasteiger partial charge is 0.379 e. The molecule has 0 aliphatic heterocycles. The predicted octanol–water partition coefficient (Wildman–Crippen LogP) is 4.40. The number of hydrogen-bond donors (Lipinski definition) is 0. The molecule has 0 radical (unpaired) electrons. The summed E-state index contributed by atoms with van der Waals surface area (Å²) in [6.45, 7) is 5.67. The number of furan rings is 1. The average molecular weight is 384 g/mol. The quantitative estimate of drug-likeness (QED) is 0.482. The highest BCUT2D eigenvalue weighted by molar-refractivity contribution is 7.90. The number of carbonyl (C=O) groups excluding carboxylic acids is 1. The van der Waals surface area contributed by atoms with Crippen molar-refractivity contribution in [3.8, 4) is 5.75 Å². The third-order valence-electron chi connectivity index (χ3n) is 4.37. The van der Waals surface area contributed by atoms with E-state index in [0.717, 1.165) is 16.7 Å². The second kappa shape index (κ2) is 7.40. The monoisotopic (exact) mass is 384 g/mol. The Bertz CT molecular complexity index is 1080. The average Bonchev–Trinajstić information content (AvgIpc) is 3.10. The maximum Gasteiger partial charge on any atom is 0.379 e. The molecule has 5 nitrogen and oxygen atoms in total. The normalized spacial score (nSPS) is 11.4. The van der Waals surface area contributed by atoms with E-state index in [1.807, 2.05) is 32.9 Å². The summed E-state index contributed by atoms with van der Waals surface area (Å²) in [5.74, 6) is -0.339. The highest BCUT2D eigenvalue weighted by Gasteiger charge is 2.21. The molecule has 0 atom stereocenters. The Hall–Kier alpha value is -2.86. The molecule has 0 amide bonds. The van der Waals surface area contributed by atoms with E-state index in [1.165, 1.54) is 24.3 Å². The lowest BCUT2D eigenvalue weighted by atomic mass is 10.1. The number of esters is 1. The molecule has 1 heterocycles. The zero-order chi connectivity index (χ0) is 19.6. The van der Waals surface area contributed by atoms with Crippen molar-refractivity contribution in [2.45, 2.75) is 31.4 Å². The van der Waals surface area contributed by atoms with Crippen LogP contribution >= 0.6 is 0 Å². The number of rotatable bonds is 5. The van der Waals surface area contributed by atoms with Crippen LogP contribution in [-0.2, 0) is 15.6 Å². The van der Waals surface area contributed by atoms with Gasteiger partial charge < -0.3 is 9.15 Å². The summed E-state index contributed by atoms with van der Waals surface area (Å²) in [6, 6.07) is 14.9. The first-order chi connectivity index (χ1) is 12.8. The summed E-state index contributed by atoms with van der Waals surface area (Å²) in [6.07, 6.45) is 0. The van der Waals surface area contributed by atoms with Crippen LogP contribution in [0.5, 0.6) is 5.75 Å². The van der Waals surface area contributed by atoms with Crippen LogP contribution in [0.25, 0.3) is 0 Å². The van der Waals surface area contributed by atoms with E-state index in [0.29, 0.717) is 5.75 Å². The fourth-order valence-corrected chi connectivity index (χ4v) is 3.96. The van der Waals surface area contributed by atoms with Crippen LogP contribution in [-0.4, -0.2) is 14.4 Å². The molecule has 0 aliphatic carbocycles. The van der Waals surface area contributed by atoms with E-state index in [9.17, 15) is 13.2 Å². The second-order valence-electron chi connectivity index (χ2n) is 6.38. The van der Waals surface area contributed by atoms with E-state index in [4.69, 9.17) is 9.15 Å². The van der Waals surface area contributed by atoms with Gasteiger partial charge in [-0.1, -0.05) is 30.3 Å². The highest BCUT2D eigenvalue weighted by Crippen LogP contribution is 2.27. The maximum atomic E-state index is 12.4. The summed E-state index contributed by atoms with van der Waals surface area (Å²) >= 11 is 0. The number of sulfone groups is 1. The van der Waals surface area contributed by atoms with Gasteiger partial charge in [0, 0.05) is 0 Å². The van der Waals surface area contributed by atoms with Gasteiger partial charge in [0.15, 0.2) is 9.84 Å². The minimum atomic E-state index is -3.55. The van der Waals surface area contributed by atoms with Crippen LogP contribution in [0.15, 0.2) is 63.9 Å². The largest absolute Gasteiger partial charge is 0.453 e. The van der Waals surface area contributed by atoms with Gasteiger partial charge in [-0.15, -0.1) is 0 Å². The Morgan fingerprint density at radius 2 is 1.59 bits per heavy atom. The first-order valence-corrected chi connectivity index (χ1v) is 10.1. The summed E-state index contributed by atoms with van der Waals surface area (Å²) in [4.78, 5) is 12.6. The van der Waals surface area contributed by atoms with Crippen molar-refractivity contribution in [1.82, 2.24) is 0 Å². The fraction of sp³-hybridized carbons (Fsp3) is 0.190. The topological polar surface area (TPSA) is 73.6 Å². The van der Waals surface area contributed by atoms with E-state index >= 15 is 0 Å². The van der Waals surface area contributed by atoms with Gasteiger partial charge in [0.05, 0.1) is 4.90 Å². The van der Waals surface area contributed by atoms with E-state index in [1.54, 1.807) is 18.2 Å². The standard InChI is InChI=1S/C21H20O5S/c1-14-9-10-15(2)20(16(14)3)26-21(22)19-12-11-17(25-19)13-27(23,24)18-7-5-4-6-8-18/h4-12H,13H2,1-3H3. The van der Waals surface area contributed by atoms with Crippen molar-refractivity contribution in [3.05, 3.63) is 82.8 Å². The van der Waals surface area contributed by atoms with E-state index < -0.39 is 15.8 Å². The van der Waals surface area contributed by atoms with Crippen LogP contribution in [0.2, 0.25) is 0 Å². The molecule has 140 valence electrons. The molecule has 3 rings (SSSR count). The maximum absolute atomic E-state index is 12.4. The molecule has 0 spiro atoms. The van der Waals surface area contributed by atoms with Gasteiger partial charge in [0.1, 0.15) is 17.3 Å². The Kier molecular flexibility index (Phi) is 5.19. The minimum Gasteiger partial charge on any atom is -0.453 e.